The molecule has 19 heavy (non-hydrogen) atoms. The molecule has 0 saturated carbocycles. The van der Waals surface area contributed by atoms with Gasteiger partial charge in [-0.1, -0.05) is 34.1 Å². The van der Waals surface area contributed by atoms with Gasteiger partial charge in [0.05, 0.1) is 6.61 Å². The summed E-state index contributed by atoms with van der Waals surface area (Å²) in [7, 11) is 0. The van der Waals surface area contributed by atoms with E-state index in [1.165, 1.54) is 19.4 Å². The molecule has 1 fully saturated rings. The van der Waals surface area contributed by atoms with Crippen LogP contribution >= 0.6 is 0 Å². The minimum atomic E-state index is 0.655. The number of piperazine rings is 1. The lowest BCUT2D eigenvalue weighted by Gasteiger charge is -2.43. The van der Waals surface area contributed by atoms with E-state index in [9.17, 15) is 0 Å². The molecule has 3 heteroatoms. The summed E-state index contributed by atoms with van der Waals surface area (Å²) in [5, 5.41) is 3.75. The lowest BCUT2D eigenvalue weighted by Crippen LogP contribution is -2.59. The van der Waals surface area contributed by atoms with Crippen LogP contribution in [-0.2, 0) is 4.74 Å². The third kappa shape index (κ3) is 5.80. The highest BCUT2D eigenvalue weighted by atomic mass is 16.5. The molecule has 1 rings (SSSR count). The molecule has 1 saturated heterocycles. The van der Waals surface area contributed by atoms with Gasteiger partial charge in [-0.2, -0.15) is 0 Å². The smallest absolute Gasteiger partial charge is 0.0593 e. The quantitative estimate of drug-likeness (QED) is 0.686. The summed E-state index contributed by atoms with van der Waals surface area (Å²) in [5.41, 5.74) is 0. The molecular formula is C16H34N2O. The summed E-state index contributed by atoms with van der Waals surface area (Å²) in [6, 6.07) is 1.33. The molecule has 3 unspecified atom stereocenters. The zero-order valence-electron chi connectivity index (χ0n) is 13.6. The maximum absolute atomic E-state index is 5.55. The zero-order chi connectivity index (χ0) is 14.3. The van der Waals surface area contributed by atoms with Crippen LogP contribution in [0.4, 0.5) is 0 Å². The molecule has 114 valence electrons. The van der Waals surface area contributed by atoms with E-state index in [-0.39, 0.29) is 0 Å². The Bertz CT molecular complexity index is 233. The van der Waals surface area contributed by atoms with Gasteiger partial charge in [0.2, 0.25) is 0 Å². The average molecular weight is 270 g/mol. The first-order valence-corrected chi connectivity index (χ1v) is 8.13. The second kappa shape index (κ2) is 8.93. The van der Waals surface area contributed by atoms with Gasteiger partial charge >= 0.3 is 0 Å². The Hall–Kier alpha value is -0.120. The number of rotatable bonds is 8. The van der Waals surface area contributed by atoms with Gasteiger partial charge in [-0.3, -0.25) is 4.90 Å². The van der Waals surface area contributed by atoms with Crippen LogP contribution in [0.2, 0.25) is 0 Å². The van der Waals surface area contributed by atoms with Crippen LogP contribution in [0, 0.1) is 11.8 Å². The number of nitrogens with zero attached hydrogens (tertiary/aromatic N) is 1. The Kier molecular flexibility index (Phi) is 7.96. The lowest BCUT2D eigenvalue weighted by atomic mass is 9.92. The number of hydrogen-bond donors (Lipinski definition) is 1. The van der Waals surface area contributed by atoms with Crippen LogP contribution in [-0.4, -0.2) is 49.8 Å². The molecule has 3 nitrogen and oxygen atoms in total. The molecule has 1 N–H and O–H groups in total. The predicted octanol–water partition coefficient (Wildman–Crippen LogP) is 2.76. The Morgan fingerprint density at radius 1 is 1.26 bits per heavy atom. The van der Waals surface area contributed by atoms with E-state index in [4.69, 9.17) is 4.74 Å². The summed E-state index contributed by atoms with van der Waals surface area (Å²) >= 11 is 0. The predicted molar refractivity (Wildman–Crippen MR) is 82.6 cm³/mol. The van der Waals surface area contributed by atoms with Crippen LogP contribution in [0.3, 0.4) is 0 Å². The van der Waals surface area contributed by atoms with Crippen molar-refractivity contribution in [3.05, 3.63) is 0 Å². The van der Waals surface area contributed by atoms with Crippen LogP contribution in [0.15, 0.2) is 0 Å². The van der Waals surface area contributed by atoms with Crippen molar-refractivity contribution >= 4 is 0 Å². The van der Waals surface area contributed by atoms with E-state index < -0.39 is 0 Å². The summed E-state index contributed by atoms with van der Waals surface area (Å²) in [5.74, 6) is 1.53. The third-order valence-electron chi connectivity index (χ3n) is 4.32. The molecule has 0 aromatic carbocycles. The highest BCUT2D eigenvalue weighted by Crippen LogP contribution is 2.20. The number of ether oxygens (including phenoxy) is 1. The molecule has 3 atom stereocenters. The zero-order valence-corrected chi connectivity index (χ0v) is 13.6. The van der Waals surface area contributed by atoms with E-state index in [0.29, 0.717) is 12.1 Å². The molecular weight excluding hydrogens is 236 g/mol. The Morgan fingerprint density at radius 2 is 2.00 bits per heavy atom. The Morgan fingerprint density at radius 3 is 2.58 bits per heavy atom. The molecule has 1 heterocycles. The van der Waals surface area contributed by atoms with Crippen molar-refractivity contribution in [2.24, 2.45) is 11.8 Å². The molecule has 0 spiro atoms. The second-order valence-electron chi connectivity index (χ2n) is 6.38. The van der Waals surface area contributed by atoms with Gasteiger partial charge in [0.15, 0.2) is 0 Å². The van der Waals surface area contributed by atoms with Crippen LogP contribution in [0.25, 0.3) is 0 Å². The molecule has 0 amide bonds. The molecule has 0 aromatic heterocycles. The molecule has 1 aliphatic heterocycles. The van der Waals surface area contributed by atoms with Crippen LogP contribution in [0.5, 0.6) is 0 Å². The summed E-state index contributed by atoms with van der Waals surface area (Å²) < 4.78 is 5.55. The van der Waals surface area contributed by atoms with E-state index >= 15 is 0 Å². The van der Waals surface area contributed by atoms with Gasteiger partial charge in [-0.05, 0) is 25.2 Å². The van der Waals surface area contributed by atoms with E-state index in [0.717, 1.165) is 38.1 Å². The topological polar surface area (TPSA) is 24.5 Å². The summed E-state index contributed by atoms with van der Waals surface area (Å²) in [6.45, 7) is 16.5. The van der Waals surface area contributed by atoms with Crippen molar-refractivity contribution in [2.45, 2.75) is 59.5 Å². The van der Waals surface area contributed by atoms with E-state index in [1.54, 1.807) is 0 Å². The highest BCUT2D eigenvalue weighted by Gasteiger charge is 2.30. The van der Waals surface area contributed by atoms with Crippen molar-refractivity contribution in [2.75, 3.05) is 32.8 Å². The monoisotopic (exact) mass is 270 g/mol. The first-order valence-electron chi connectivity index (χ1n) is 8.13. The maximum atomic E-state index is 5.55. The van der Waals surface area contributed by atoms with E-state index in [1.807, 2.05) is 0 Å². The fraction of sp³-hybridized carbons (Fsp3) is 1.00. The van der Waals surface area contributed by atoms with Gasteiger partial charge in [0, 0.05) is 38.3 Å². The molecule has 1 aliphatic rings. The lowest BCUT2D eigenvalue weighted by molar-refractivity contribution is 0.0471. The standard InChI is InChI=1S/C16H34N2O/c1-6-14(5)16-11-17-15(10-13(3)4)12-18(16)8-9-19-7-2/h13-17H,6-12H2,1-5H3. The van der Waals surface area contributed by atoms with E-state index in [2.05, 4.69) is 44.8 Å². The normalized spacial score (nSPS) is 26.8. The number of hydrogen-bond acceptors (Lipinski definition) is 3. The van der Waals surface area contributed by atoms with Crippen molar-refractivity contribution < 1.29 is 4.74 Å². The summed E-state index contributed by atoms with van der Waals surface area (Å²) in [6.07, 6.45) is 2.53. The van der Waals surface area contributed by atoms with Gasteiger partial charge in [-0.15, -0.1) is 0 Å². The Balaban J connectivity index is 2.52. The Labute approximate surface area is 120 Å². The second-order valence-corrected chi connectivity index (χ2v) is 6.38. The fourth-order valence-corrected chi connectivity index (χ4v) is 3.04. The average Bonchev–Trinajstić information content (AvgIpc) is 2.38. The molecule has 0 radical (unpaired) electrons. The fourth-order valence-electron chi connectivity index (χ4n) is 3.04. The van der Waals surface area contributed by atoms with Crippen molar-refractivity contribution in [1.29, 1.82) is 0 Å². The number of nitrogens with one attached hydrogen (secondary N) is 1. The summed E-state index contributed by atoms with van der Waals surface area (Å²) in [4.78, 5) is 2.66. The van der Waals surface area contributed by atoms with Gasteiger partial charge in [-0.25, -0.2) is 0 Å². The van der Waals surface area contributed by atoms with Gasteiger partial charge in [0.1, 0.15) is 0 Å². The van der Waals surface area contributed by atoms with Crippen LogP contribution in [0.1, 0.15) is 47.5 Å². The van der Waals surface area contributed by atoms with Crippen molar-refractivity contribution in [3.8, 4) is 0 Å². The minimum absolute atomic E-state index is 0.655. The maximum Gasteiger partial charge on any atom is 0.0593 e. The van der Waals surface area contributed by atoms with Crippen molar-refractivity contribution in [3.63, 3.8) is 0 Å². The van der Waals surface area contributed by atoms with Gasteiger partial charge < -0.3 is 10.1 Å². The first kappa shape index (κ1) is 16.9. The van der Waals surface area contributed by atoms with Crippen LogP contribution < -0.4 is 5.32 Å². The minimum Gasteiger partial charge on any atom is -0.380 e. The van der Waals surface area contributed by atoms with Gasteiger partial charge in [0.25, 0.3) is 0 Å². The highest BCUT2D eigenvalue weighted by molar-refractivity contribution is 4.88. The first-order chi connectivity index (χ1) is 9.08. The molecule has 0 aliphatic carbocycles. The molecule has 0 aromatic rings. The van der Waals surface area contributed by atoms with Crippen molar-refractivity contribution in [1.82, 2.24) is 10.2 Å². The SMILES string of the molecule is CCOCCN1CC(CC(C)C)NCC1C(C)CC. The molecule has 0 bridgehead atoms. The third-order valence-corrected chi connectivity index (χ3v) is 4.32. The largest absolute Gasteiger partial charge is 0.380 e.